The van der Waals surface area contributed by atoms with Gasteiger partial charge >= 0.3 is 0 Å². The van der Waals surface area contributed by atoms with Gasteiger partial charge in [0.15, 0.2) is 0 Å². The SMILES string of the molecule is O=C(Nc1ccccc1)C1CCCN1C(=O)C12CC3CC(CC(C3)C1)C2. The van der Waals surface area contributed by atoms with E-state index in [1.165, 1.54) is 19.3 Å². The van der Waals surface area contributed by atoms with Gasteiger partial charge in [0.25, 0.3) is 0 Å². The average Bonchev–Trinajstić information content (AvgIpc) is 3.10. The Bertz CT molecular complexity index is 679. The second-order valence-corrected chi connectivity index (χ2v) is 9.21. The molecule has 0 radical (unpaired) electrons. The number of hydrogen-bond donors (Lipinski definition) is 1. The fraction of sp³-hybridized carbons (Fsp3) is 0.636. The van der Waals surface area contributed by atoms with Crippen LogP contribution in [0.2, 0.25) is 0 Å². The van der Waals surface area contributed by atoms with Crippen molar-refractivity contribution in [2.45, 2.75) is 57.4 Å². The van der Waals surface area contributed by atoms with E-state index < -0.39 is 0 Å². The molecule has 4 heteroatoms. The van der Waals surface area contributed by atoms with E-state index >= 15 is 0 Å². The molecule has 1 aromatic rings. The molecular weight excluding hydrogens is 324 g/mol. The zero-order valence-electron chi connectivity index (χ0n) is 15.3. The summed E-state index contributed by atoms with van der Waals surface area (Å²) >= 11 is 0. The van der Waals surface area contributed by atoms with Crippen molar-refractivity contribution in [1.29, 1.82) is 0 Å². The zero-order valence-corrected chi connectivity index (χ0v) is 15.3. The van der Waals surface area contributed by atoms with E-state index in [9.17, 15) is 9.59 Å². The molecule has 1 saturated heterocycles. The molecule has 1 N–H and O–H groups in total. The third-order valence-electron chi connectivity index (χ3n) is 7.35. The Balaban J connectivity index is 1.34. The third kappa shape index (κ3) is 2.65. The van der Waals surface area contributed by atoms with Crippen LogP contribution in [0.1, 0.15) is 51.4 Å². The van der Waals surface area contributed by atoms with Crippen LogP contribution in [0.4, 0.5) is 5.69 Å². The summed E-state index contributed by atoms with van der Waals surface area (Å²) in [5.41, 5.74) is 0.663. The van der Waals surface area contributed by atoms with Crippen molar-refractivity contribution in [2.24, 2.45) is 23.2 Å². The molecule has 0 aromatic heterocycles. The maximum Gasteiger partial charge on any atom is 0.247 e. The monoisotopic (exact) mass is 352 g/mol. The Morgan fingerprint density at radius 2 is 1.58 bits per heavy atom. The minimum absolute atomic E-state index is 0.0215. The van der Waals surface area contributed by atoms with E-state index in [1.807, 2.05) is 35.2 Å². The maximum absolute atomic E-state index is 13.6. The number of nitrogens with zero attached hydrogens (tertiary/aromatic N) is 1. The Labute approximate surface area is 155 Å². The molecule has 1 heterocycles. The van der Waals surface area contributed by atoms with Crippen molar-refractivity contribution in [3.63, 3.8) is 0 Å². The predicted octanol–water partition coefficient (Wildman–Crippen LogP) is 3.83. The first-order valence-electron chi connectivity index (χ1n) is 10.3. The molecule has 26 heavy (non-hydrogen) atoms. The van der Waals surface area contributed by atoms with Crippen molar-refractivity contribution < 1.29 is 9.59 Å². The Morgan fingerprint density at radius 1 is 0.962 bits per heavy atom. The topological polar surface area (TPSA) is 49.4 Å². The highest BCUT2D eigenvalue weighted by molar-refractivity contribution is 5.98. The maximum atomic E-state index is 13.6. The van der Waals surface area contributed by atoms with Crippen LogP contribution in [0.15, 0.2) is 30.3 Å². The van der Waals surface area contributed by atoms with E-state index in [0.717, 1.165) is 62.1 Å². The number of rotatable bonds is 3. The quantitative estimate of drug-likeness (QED) is 0.899. The van der Waals surface area contributed by atoms with Crippen molar-refractivity contribution in [3.8, 4) is 0 Å². The lowest BCUT2D eigenvalue weighted by Gasteiger charge is -2.56. The molecular formula is C22H28N2O2. The van der Waals surface area contributed by atoms with E-state index in [2.05, 4.69) is 5.32 Å². The van der Waals surface area contributed by atoms with Crippen LogP contribution in [0.25, 0.3) is 0 Å². The fourth-order valence-electron chi connectivity index (χ4n) is 6.71. The number of amides is 2. The molecule has 5 fully saturated rings. The van der Waals surface area contributed by atoms with Gasteiger partial charge in [0.2, 0.25) is 11.8 Å². The lowest BCUT2D eigenvalue weighted by atomic mass is 9.49. The summed E-state index contributed by atoms with van der Waals surface area (Å²) in [7, 11) is 0. The molecule has 1 atom stereocenters. The normalized spacial score (nSPS) is 37.8. The lowest BCUT2D eigenvalue weighted by Crippen LogP contribution is -2.56. The van der Waals surface area contributed by atoms with Gasteiger partial charge in [0.05, 0.1) is 5.41 Å². The van der Waals surface area contributed by atoms with Gasteiger partial charge in [-0.05, 0) is 81.3 Å². The second kappa shape index (κ2) is 6.11. The first-order valence-corrected chi connectivity index (χ1v) is 10.3. The van der Waals surface area contributed by atoms with Crippen LogP contribution in [0.5, 0.6) is 0 Å². The van der Waals surface area contributed by atoms with Gasteiger partial charge in [-0.15, -0.1) is 0 Å². The summed E-state index contributed by atoms with van der Waals surface area (Å²) in [6, 6.07) is 9.28. The van der Waals surface area contributed by atoms with Gasteiger partial charge in [-0.25, -0.2) is 0 Å². The summed E-state index contributed by atoms with van der Waals surface area (Å²) in [6.45, 7) is 0.744. The molecule has 4 aliphatic carbocycles. The Hall–Kier alpha value is -1.84. The number of likely N-dealkylation sites (tertiary alicyclic amines) is 1. The minimum Gasteiger partial charge on any atom is -0.330 e. The molecule has 4 nitrogen and oxygen atoms in total. The summed E-state index contributed by atoms with van der Waals surface area (Å²) in [5.74, 6) is 2.53. The van der Waals surface area contributed by atoms with Gasteiger partial charge in [-0.3, -0.25) is 9.59 Å². The second-order valence-electron chi connectivity index (χ2n) is 9.21. The van der Waals surface area contributed by atoms with E-state index in [0.29, 0.717) is 5.91 Å². The highest BCUT2D eigenvalue weighted by Gasteiger charge is 2.56. The highest BCUT2D eigenvalue weighted by Crippen LogP contribution is 2.60. The van der Waals surface area contributed by atoms with E-state index in [-0.39, 0.29) is 17.4 Å². The molecule has 1 aliphatic heterocycles. The number of nitrogens with one attached hydrogen (secondary N) is 1. The van der Waals surface area contributed by atoms with Crippen molar-refractivity contribution in [2.75, 3.05) is 11.9 Å². The molecule has 6 rings (SSSR count). The van der Waals surface area contributed by atoms with Gasteiger partial charge in [0, 0.05) is 12.2 Å². The number of benzene rings is 1. The number of hydrogen-bond acceptors (Lipinski definition) is 2. The highest BCUT2D eigenvalue weighted by atomic mass is 16.2. The van der Waals surface area contributed by atoms with Gasteiger partial charge < -0.3 is 10.2 Å². The lowest BCUT2D eigenvalue weighted by molar-refractivity contribution is -0.160. The molecule has 4 bridgehead atoms. The number of para-hydroxylation sites is 1. The van der Waals surface area contributed by atoms with E-state index in [4.69, 9.17) is 0 Å². The number of anilines is 1. The van der Waals surface area contributed by atoms with Crippen LogP contribution in [0.3, 0.4) is 0 Å². The largest absolute Gasteiger partial charge is 0.330 e. The van der Waals surface area contributed by atoms with Crippen LogP contribution in [0, 0.1) is 23.2 Å². The molecule has 138 valence electrons. The van der Waals surface area contributed by atoms with Crippen LogP contribution >= 0.6 is 0 Å². The van der Waals surface area contributed by atoms with E-state index in [1.54, 1.807) is 0 Å². The standard InChI is InChI=1S/C22H28N2O2/c25-20(23-18-5-2-1-3-6-18)19-7-4-8-24(19)21(26)22-12-15-9-16(13-22)11-17(10-15)14-22/h1-3,5-6,15-17,19H,4,7-14H2,(H,23,25). The smallest absolute Gasteiger partial charge is 0.247 e. The third-order valence-corrected chi connectivity index (χ3v) is 7.35. The van der Waals surface area contributed by atoms with Crippen molar-refractivity contribution >= 4 is 17.5 Å². The number of carbonyl (C=O) groups is 2. The van der Waals surface area contributed by atoms with Gasteiger partial charge in [-0.1, -0.05) is 18.2 Å². The van der Waals surface area contributed by atoms with Crippen molar-refractivity contribution in [1.82, 2.24) is 4.90 Å². The zero-order chi connectivity index (χ0) is 17.7. The predicted molar refractivity (Wildman–Crippen MR) is 100 cm³/mol. The molecule has 1 unspecified atom stereocenters. The van der Waals surface area contributed by atoms with Gasteiger partial charge in [-0.2, -0.15) is 0 Å². The van der Waals surface area contributed by atoms with Crippen LogP contribution < -0.4 is 5.32 Å². The van der Waals surface area contributed by atoms with Crippen LogP contribution in [-0.4, -0.2) is 29.3 Å². The number of carbonyl (C=O) groups excluding carboxylic acids is 2. The first-order chi connectivity index (χ1) is 12.6. The fourth-order valence-corrected chi connectivity index (χ4v) is 6.71. The summed E-state index contributed by atoms with van der Waals surface area (Å²) < 4.78 is 0. The summed E-state index contributed by atoms with van der Waals surface area (Å²) in [5, 5.41) is 3.01. The Morgan fingerprint density at radius 3 is 2.19 bits per heavy atom. The molecule has 1 aromatic carbocycles. The molecule has 0 spiro atoms. The van der Waals surface area contributed by atoms with Gasteiger partial charge in [0.1, 0.15) is 6.04 Å². The molecule has 4 saturated carbocycles. The van der Waals surface area contributed by atoms with Crippen molar-refractivity contribution in [3.05, 3.63) is 30.3 Å². The Kier molecular flexibility index (Phi) is 3.84. The minimum atomic E-state index is -0.296. The van der Waals surface area contributed by atoms with Crippen LogP contribution in [-0.2, 0) is 9.59 Å². The summed E-state index contributed by atoms with van der Waals surface area (Å²) in [4.78, 5) is 28.4. The average molecular weight is 352 g/mol. The molecule has 2 amide bonds. The first kappa shape index (κ1) is 16.3. The molecule has 5 aliphatic rings. The summed E-state index contributed by atoms with van der Waals surface area (Å²) in [6.07, 6.45) is 8.95.